The van der Waals surface area contributed by atoms with Gasteiger partial charge in [-0.3, -0.25) is 0 Å². The number of aromatic nitrogens is 2. The Labute approximate surface area is 190 Å². The molecule has 0 spiro atoms. The molecule has 4 aromatic carbocycles. The lowest BCUT2D eigenvalue weighted by atomic mass is 9.94. The summed E-state index contributed by atoms with van der Waals surface area (Å²) in [5, 5.41) is 4.71. The molecule has 3 nitrogen and oxygen atoms in total. The van der Waals surface area contributed by atoms with E-state index < -0.39 is 0 Å². The van der Waals surface area contributed by atoms with Crippen molar-refractivity contribution in [1.82, 2.24) is 9.38 Å². The molecule has 0 unspecified atom stereocenters. The van der Waals surface area contributed by atoms with E-state index in [9.17, 15) is 0 Å². The van der Waals surface area contributed by atoms with Crippen LogP contribution < -0.4 is 0 Å². The highest BCUT2D eigenvalue weighted by molar-refractivity contribution is 6.18. The standard InChI is InChI=1S/C30H20N2O/c1-19-29(31-27-12-6-7-17-32(19)27)21-15-13-20(14-16-21)28-23-9-3-2-8-22(23)18-25-24-10-4-5-11-26(24)33-30(25)28/h2-18H,1H3. The number of pyridine rings is 1. The van der Waals surface area contributed by atoms with Gasteiger partial charge < -0.3 is 8.82 Å². The van der Waals surface area contributed by atoms with Crippen molar-refractivity contribution in [3.63, 3.8) is 0 Å². The van der Waals surface area contributed by atoms with Crippen molar-refractivity contribution in [3.05, 3.63) is 109 Å². The number of fused-ring (bicyclic) bond motifs is 5. The van der Waals surface area contributed by atoms with Crippen molar-refractivity contribution in [1.29, 1.82) is 0 Å². The number of hydrogen-bond donors (Lipinski definition) is 0. The second kappa shape index (κ2) is 6.81. The smallest absolute Gasteiger partial charge is 0.143 e. The first-order valence-corrected chi connectivity index (χ1v) is 11.2. The number of nitrogens with zero attached hydrogens (tertiary/aromatic N) is 2. The maximum atomic E-state index is 6.40. The Morgan fingerprint density at radius 1 is 0.697 bits per heavy atom. The van der Waals surface area contributed by atoms with Gasteiger partial charge in [0, 0.05) is 33.8 Å². The normalized spacial score (nSPS) is 11.8. The molecule has 0 N–H and O–H groups in total. The fraction of sp³-hybridized carbons (Fsp3) is 0.0333. The van der Waals surface area contributed by atoms with Crippen LogP contribution in [0.5, 0.6) is 0 Å². The summed E-state index contributed by atoms with van der Waals surface area (Å²) >= 11 is 0. The summed E-state index contributed by atoms with van der Waals surface area (Å²) < 4.78 is 8.54. The summed E-state index contributed by atoms with van der Waals surface area (Å²) in [6, 6.07) is 33.9. The molecule has 0 aliphatic rings. The first-order valence-electron chi connectivity index (χ1n) is 11.2. The number of hydrogen-bond acceptors (Lipinski definition) is 2. The first-order chi connectivity index (χ1) is 16.3. The Balaban J connectivity index is 1.47. The van der Waals surface area contributed by atoms with Gasteiger partial charge in [-0.2, -0.15) is 0 Å². The van der Waals surface area contributed by atoms with Crippen LogP contribution in [0.4, 0.5) is 0 Å². The second-order valence-electron chi connectivity index (χ2n) is 8.50. The lowest BCUT2D eigenvalue weighted by Gasteiger charge is -2.09. The van der Waals surface area contributed by atoms with Crippen molar-refractivity contribution >= 4 is 38.4 Å². The lowest BCUT2D eigenvalue weighted by Crippen LogP contribution is -1.87. The van der Waals surface area contributed by atoms with Crippen molar-refractivity contribution < 1.29 is 4.42 Å². The average Bonchev–Trinajstić information content (AvgIpc) is 3.40. The van der Waals surface area contributed by atoms with Gasteiger partial charge in [0.15, 0.2) is 0 Å². The van der Waals surface area contributed by atoms with Crippen LogP contribution in [0.15, 0.2) is 108 Å². The van der Waals surface area contributed by atoms with Crippen LogP contribution in [0.1, 0.15) is 5.69 Å². The molecular formula is C30H20N2O. The minimum atomic E-state index is 0.918. The van der Waals surface area contributed by atoms with Crippen molar-refractivity contribution in [2.75, 3.05) is 0 Å². The van der Waals surface area contributed by atoms with Crippen molar-refractivity contribution in [3.8, 4) is 22.4 Å². The summed E-state index contributed by atoms with van der Waals surface area (Å²) in [5.41, 5.74) is 8.36. The Bertz CT molecular complexity index is 1820. The summed E-state index contributed by atoms with van der Waals surface area (Å²) in [6.45, 7) is 2.12. The zero-order chi connectivity index (χ0) is 21.9. The largest absolute Gasteiger partial charge is 0.455 e. The van der Waals surface area contributed by atoms with Crippen LogP contribution in [-0.2, 0) is 0 Å². The van der Waals surface area contributed by atoms with Gasteiger partial charge in [0.1, 0.15) is 16.8 Å². The maximum absolute atomic E-state index is 6.40. The molecule has 0 atom stereocenters. The van der Waals surface area contributed by atoms with E-state index in [4.69, 9.17) is 9.40 Å². The number of rotatable bonds is 2. The quantitative estimate of drug-likeness (QED) is 0.281. The summed E-state index contributed by atoms with van der Waals surface area (Å²) in [5.74, 6) is 0. The van der Waals surface area contributed by atoms with E-state index in [1.165, 1.54) is 10.8 Å². The van der Waals surface area contributed by atoms with Crippen LogP contribution >= 0.6 is 0 Å². The Morgan fingerprint density at radius 2 is 1.42 bits per heavy atom. The number of imidazole rings is 1. The second-order valence-corrected chi connectivity index (χ2v) is 8.50. The highest BCUT2D eigenvalue weighted by atomic mass is 16.3. The van der Waals surface area contributed by atoms with E-state index in [-0.39, 0.29) is 0 Å². The molecule has 0 amide bonds. The average molecular weight is 425 g/mol. The fourth-order valence-electron chi connectivity index (χ4n) is 5.00. The summed E-state index contributed by atoms with van der Waals surface area (Å²) in [6.07, 6.45) is 2.06. The van der Waals surface area contributed by atoms with Gasteiger partial charge >= 0.3 is 0 Å². The van der Waals surface area contributed by atoms with Gasteiger partial charge in [0.05, 0.1) is 5.69 Å². The number of furan rings is 1. The van der Waals surface area contributed by atoms with E-state index in [2.05, 4.69) is 84.3 Å². The first kappa shape index (κ1) is 18.2. The highest BCUT2D eigenvalue weighted by Crippen LogP contribution is 2.41. The lowest BCUT2D eigenvalue weighted by molar-refractivity contribution is 0.670. The predicted octanol–water partition coefficient (Wildman–Crippen LogP) is 8.03. The molecule has 3 heterocycles. The Hall–Kier alpha value is -4.37. The van der Waals surface area contributed by atoms with Gasteiger partial charge in [-0.15, -0.1) is 0 Å². The minimum absolute atomic E-state index is 0.918. The fourth-order valence-corrected chi connectivity index (χ4v) is 5.00. The Kier molecular flexibility index (Phi) is 3.76. The molecule has 0 radical (unpaired) electrons. The zero-order valence-electron chi connectivity index (χ0n) is 18.1. The number of aryl methyl sites for hydroxylation is 1. The van der Waals surface area contributed by atoms with Gasteiger partial charge in [-0.1, -0.05) is 72.8 Å². The molecule has 3 heteroatoms. The minimum Gasteiger partial charge on any atom is -0.455 e. The zero-order valence-corrected chi connectivity index (χ0v) is 18.1. The number of benzene rings is 4. The van der Waals surface area contributed by atoms with Crippen LogP contribution in [0.3, 0.4) is 0 Å². The predicted molar refractivity (Wildman–Crippen MR) is 136 cm³/mol. The van der Waals surface area contributed by atoms with Crippen LogP contribution in [-0.4, -0.2) is 9.38 Å². The van der Waals surface area contributed by atoms with E-state index in [0.29, 0.717) is 0 Å². The van der Waals surface area contributed by atoms with E-state index >= 15 is 0 Å². The third-order valence-corrected chi connectivity index (χ3v) is 6.61. The molecule has 0 fully saturated rings. The van der Waals surface area contributed by atoms with Gasteiger partial charge in [0.25, 0.3) is 0 Å². The van der Waals surface area contributed by atoms with Gasteiger partial charge in [0.2, 0.25) is 0 Å². The molecule has 0 saturated carbocycles. The summed E-state index contributed by atoms with van der Waals surface area (Å²) in [7, 11) is 0. The third kappa shape index (κ3) is 2.66. The molecule has 3 aromatic heterocycles. The molecule has 0 aliphatic carbocycles. The van der Waals surface area contributed by atoms with Crippen LogP contribution in [0.2, 0.25) is 0 Å². The molecule has 0 bridgehead atoms. The SMILES string of the molecule is Cc1c(-c2ccc(-c3c4ccccc4cc4c3oc3ccccc34)cc2)nc2ccccn12. The molecule has 7 rings (SSSR count). The van der Waals surface area contributed by atoms with E-state index in [1.54, 1.807) is 0 Å². The molecule has 7 aromatic rings. The topological polar surface area (TPSA) is 30.4 Å². The maximum Gasteiger partial charge on any atom is 0.143 e. The summed E-state index contributed by atoms with van der Waals surface area (Å²) in [4.78, 5) is 4.86. The van der Waals surface area contributed by atoms with Gasteiger partial charge in [-0.25, -0.2) is 4.98 Å². The van der Waals surface area contributed by atoms with E-state index in [0.717, 1.165) is 55.7 Å². The molecular weight excluding hydrogens is 404 g/mol. The number of para-hydroxylation sites is 1. The highest BCUT2D eigenvalue weighted by Gasteiger charge is 2.17. The van der Waals surface area contributed by atoms with Gasteiger partial charge in [-0.05, 0) is 47.5 Å². The van der Waals surface area contributed by atoms with Crippen molar-refractivity contribution in [2.24, 2.45) is 0 Å². The molecule has 0 aliphatic heterocycles. The molecule has 0 saturated heterocycles. The third-order valence-electron chi connectivity index (χ3n) is 6.61. The van der Waals surface area contributed by atoms with Crippen molar-refractivity contribution in [2.45, 2.75) is 6.92 Å². The van der Waals surface area contributed by atoms with Crippen LogP contribution in [0.25, 0.3) is 60.7 Å². The molecule has 156 valence electrons. The molecule has 33 heavy (non-hydrogen) atoms. The monoisotopic (exact) mass is 424 g/mol. The Morgan fingerprint density at radius 3 is 2.27 bits per heavy atom. The van der Waals surface area contributed by atoms with E-state index in [1.807, 2.05) is 30.3 Å². The van der Waals surface area contributed by atoms with Crippen LogP contribution in [0, 0.1) is 6.92 Å².